The van der Waals surface area contributed by atoms with E-state index in [2.05, 4.69) is 6.92 Å². The van der Waals surface area contributed by atoms with Crippen molar-refractivity contribution < 1.29 is 9.90 Å². The van der Waals surface area contributed by atoms with Crippen LogP contribution in [0.1, 0.15) is 151 Å². The van der Waals surface area contributed by atoms with E-state index in [0.717, 1.165) is 24.0 Å². The minimum absolute atomic E-state index is 0.204. The maximum Gasteiger partial charge on any atom is 0.162 e. The summed E-state index contributed by atoms with van der Waals surface area (Å²) in [7, 11) is 0. The van der Waals surface area contributed by atoms with Gasteiger partial charge in [0.2, 0.25) is 0 Å². The highest BCUT2D eigenvalue weighted by Gasteiger charge is 2.07. The first-order chi connectivity index (χ1) is 15.1. The lowest BCUT2D eigenvalue weighted by Crippen LogP contribution is -1.99. The number of hydrogen-bond acceptors (Lipinski definition) is 2. The fourth-order valence-corrected chi connectivity index (χ4v) is 4.34. The molecule has 0 amide bonds. The predicted molar refractivity (Wildman–Crippen MR) is 135 cm³/mol. The molecule has 31 heavy (non-hydrogen) atoms. The summed E-state index contributed by atoms with van der Waals surface area (Å²) in [5, 5.41) is 9.56. The van der Waals surface area contributed by atoms with E-state index in [1.165, 1.54) is 109 Å². The number of aryl methyl sites for hydroxylation is 1. The zero-order chi connectivity index (χ0) is 22.6. The van der Waals surface area contributed by atoms with Gasteiger partial charge in [-0.15, -0.1) is 0 Å². The van der Waals surface area contributed by atoms with Crippen LogP contribution in [0.15, 0.2) is 18.2 Å². The molecule has 0 bridgehead atoms. The maximum absolute atomic E-state index is 12.2. The number of phenolic OH excluding ortho intramolecular Hbond substituents is 1. The second-order valence-corrected chi connectivity index (χ2v) is 9.54. The van der Waals surface area contributed by atoms with Gasteiger partial charge in [-0.1, -0.05) is 122 Å². The monoisotopic (exact) mass is 430 g/mol. The normalized spacial score (nSPS) is 11.2. The van der Waals surface area contributed by atoms with E-state index in [1.54, 1.807) is 18.2 Å². The third-order valence-electron chi connectivity index (χ3n) is 6.53. The molecule has 0 unspecified atom stereocenters. The number of rotatable bonds is 21. The highest BCUT2D eigenvalue weighted by Crippen LogP contribution is 2.19. The summed E-state index contributed by atoms with van der Waals surface area (Å²) in [5.41, 5.74) is 1.51. The van der Waals surface area contributed by atoms with Crippen LogP contribution in [0.3, 0.4) is 0 Å². The van der Waals surface area contributed by atoms with E-state index in [-0.39, 0.29) is 11.5 Å². The van der Waals surface area contributed by atoms with Gasteiger partial charge in [0.1, 0.15) is 5.75 Å². The van der Waals surface area contributed by atoms with Gasteiger partial charge in [0.05, 0.1) is 0 Å². The summed E-state index contributed by atoms with van der Waals surface area (Å²) in [6.07, 6.45) is 26.6. The van der Waals surface area contributed by atoms with E-state index in [9.17, 15) is 9.90 Å². The van der Waals surface area contributed by atoms with Gasteiger partial charge in [-0.25, -0.2) is 0 Å². The molecule has 1 aromatic carbocycles. The van der Waals surface area contributed by atoms with Crippen molar-refractivity contribution in [2.75, 3.05) is 0 Å². The van der Waals surface area contributed by atoms with E-state index in [1.807, 2.05) is 6.92 Å². The van der Waals surface area contributed by atoms with Crippen molar-refractivity contribution >= 4 is 5.78 Å². The lowest BCUT2D eigenvalue weighted by molar-refractivity contribution is 0.0979. The van der Waals surface area contributed by atoms with E-state index >= 15 is 0 Å². The Morgan fingerprint density at radius 2 is 1.03 bits per heavy atom. The van der Waals surface area contributed by atoms with E-state index in [4.69, 9.17) is 0 Å². The van der Waals surface area contributed by atoms with Gasteiger partial charge >= 0.3 is 0 Å². The average Bonchev–Trinajstić information content (AvgIpc) is 2.77. The molecule has 0 aromatic heterocycles. The van der Waals surface area contributed by atoms with Crippen LogP contribution in [0.25, 0.3) is 0 Å². The van der Waals surface area contributed by atoms with Crippen LogP contribution in [-0.4, -0.2) is 10.9 Å². The molecule has 0 fully saturated rings. The van der Waals surface area contributed by atoms with Crippen molar-refractivity contribution in [3.63, 3.8) is 0 Å². The summed E-state index contributed by atoms with van der Waals surface area (Å²) < 4.78 is 0. The SMILES string of the molecule is CCCCCCCCCCCCCCCCCCCCCC(=O)c1ccc(O)c(C)c1. The molecule has 1 aromatic rings. The van der Waals surface area contributed by atoms with Gasteiger partial charge in [0, 0.05) is 12.0 Å². The van der Waals surface area contributed by atoms with Gasteiger partial charge in [-0.2, -0.15) is 0 Å². The van der Waals surface area contributed by atoms with Crippen LogP contribution in [0.5, 0.6) is 5.75 Å². The molecule has 1 rings (SSSR count). The van der Waals surface area contributed by atoms with Gasteiger partial charge in [0.15, 0.2) is 5.78 Å². The summed E-state index contributed by atoms with van der Waals surface area (Å²) in [5.74, 6) is 0.468. The van der Waals surface area contributed by atoms with Gasteiger partial charge in [0.25, 0.3) is 0 Å². The molecule has 0 atom stereocenters. The summed E-state index contributed by atoms with van der Waals surface area (Å²) in [6, 6.07) is 5.16. The minimum atomic E-state index is 0.204. The number of aromatic hydroxyl groups is 1. The van der Waals surface area contributed by atoms with Crippen molar-refractivity contribution in [1.82, 2.24) is 0 Å². The van der Waals surface area contributed by atoms with Crippen LogP contribution in [0.2, 0.25) is 0 Å². The van der Waals surface area contributed by atoms with Gasteiger partial charge < -0.3 is 5.11 Å². The molecule has 2 nitrogen and oxygen atoms in total. The molecule has 178 valence electrons. The van der Waals surface area contributed by atoms with Crippen molar-refractivity contribution in [3.05, 3.63) is 29.3 Å². The molecule has 0 aliphatic carbocycles. The number of carbonyl (C=O) groups excluding carboxylic acids is 1. The minimum Gasteiger partial charge on any atom is -0.508 e. The zero-order valence-electron chi connectivity index (χ0n) is 20.7. The molecule has 0 aliphatic rings. The maximum atomic E-state index is 12.2. The van der Waals surface area contributed by atoms with Crippen LogP contribution in [0, 0.1) is 6.92 Å². The number of carbonyl (C=O) groups is 1. The Kier molecular flexibility index (Phi) is 17.3. The first-order valence-electron chi connectivity index (χ1n) is 13.5. The third-order valence-corrected chi connectivity index (χ3v) is 6.53. The van der Waals surface area contributed by atoms with E-state index < -0.39 is 0 Å². The van der Waals surface area contributed by atoms with Crippen LogP contribution in [0.4, 0.5) is 0 Å². The quantitative estimate of drug-likeness (QED) is 0.156. The molecule has 0 heterocycles. The van der Waals surface area contributed by atoms with Crippen LogP contribution >= 0.6 is 0 Å². The average molecular weight is 431 g/mol. The summed E-state index contributed by atoms with van der Waals surface area (Å²) in [4.78, 5) is 12.2. The summed E-state index contributed by atoms with van der Waals surface area (Å²) in [6.45, 7) is 4.12. The largest absolute Gasteiger partial charge is 0.508 e. The Hall–Kier alpha value is -1.31. The Morgan fingerprint density at radius 3 is 1.42 bits per heavy atom. The molecule has 0 radical (unpaired) electrons. The lowest BCUT2D eigenvalue weighted by atomic mass is 10.0. The summed E-state index contributed by atoms with van der Waals surface area (Å²) >= 11 is 0. The van der Waals surface area contributed by atoms with Gasteiger partial charge in [-0.05, 0) is 37.1 Å². The first kappa shape index (κ1) is 27.7. The smallest absolute Gasteiger partial charge is 0.162 e. The second-order valence-electron chi connectivity index (χ2n) is 9.54. The predicted octanol–water partition coefficient (Wildman–Crippen LogP) is 9.71. The standard InChI is InChI=1S/C29H50O2/c1-3-4-5-6-7-8-9-10-11-12-13-14-15-16-17-18-19-20-21-22-29(31)27-23-24-28(30)26(2)25-27/h23-25,30H,3-22H2,1-2H3. The molecule has 0 saturated heterocycles. The van der Waals surface area contributed by atoms with E-state index in [0.29, 0.717) is 6.42 Å². The zero-order valence-corrected chi connectivity index (χ0v) is 20.7. The molecular weight excluding hydrogens is 380 g/mol. The third kappa shape index (κ3) is 15.2. The molecule has 0 saturated carbocycles. The molecule has 1 N–H and O–H groups in total. The van der Waals surface area contributed by atoms with Crippen LogP contribution < -0.4 is 0 Å². The first-order valence-corrected chi connectivity index (χ1v) is 13.5. The van der Waals surface area contributed by atoms with Crippen molar-refractivity contribution in [2.24, 2.45) is 0 Å². The number of Topliss-reactive ketones (excluding diaryl/α,β-unsaturated/α-hetero) is 1. The molecular formula is C29H50O2. The molecule has 0 aliphatic heterocycles. The van der Waals surface area contributed by atoms with Crippen LogP contribution in [-0.2, 0) is 0 Å². The molecule has 2 heteroatoms. The van der Waals surface area contributed by atoms with Gasteiger partial charge in [-0.3, -0.25) is 4.79 Å². The Balaban J connectivity index is 1.80. The van der Waals surface area contributed by atoms with Crippen molar-refractivity contribution in [2.45, 2.75) is 142 Å². The highest BCUT2D eigenvalue weighted by atomic mass is 16.3. The fraction of sp³-hybridized carbons (Fsp3) is 0.759. The topological polar surface area (TPSA) is 37.3 Å². The lowest BCUT2D eigenvalue weighted by Gasteiger charge is -2.05. The Morgan fingerprint density at radius 1 is 0.645 bits per heavy atom. The fourth-order valence-electron chi connectivity index (χ4n) is 4.34. The number of benzene rings is 1. The number of unbranched alkanes of at least 4 members (excludes halogenated alkanes) is 18. The second kappa shape index (κ2) is 19.4. The number of ketones is 1. The van der Waals surface area contributed by atoms with Crippen molar-refractivity contribution in [1.29, 1.82) is 0 Å². The van der Waals surface area contributed by atoms with Crippen molar-refractivity contribution in [3.8, 4) is 5.75 Å². The number of phenols is 1. The Labute approximate surface area is 193 Å². The number of hydrogen-bond donors (Lipinski definition) is 1. The Bertz CT molecular complexity index is 564. The highest BCUT2D eigenvalue weighted by molar-refractivity contribution is 5.96. The molecule has 0 spiro atoms.